The maximum atomic E-state index is 11.6. The zero-order chi connectivity index (χ0) is 26.2. The number of aromatic nitrogens is 4. The lowest BCUT2D eigenvalue weighted by molar-refractivity contribution is 0.0303. The number of aliphatic hydroxyl groups is 1. The van der Waals surface area contributed by atoms with Crippen molar-refractivity contribution in [2.45, 2.75) is 62.9 Å². The molecule has 202 valence electrons. The molecule has 2 unspecified atom stereocenters. The van der Waals surface area contributed by atoms with Crippen LogP contribution in [0.1, 0.15) is 44.6 Å². The summed E-state index contributed by atoms with van der Waals surface area (Å²) in [4.78, 5) is 25.1. The molecule has 6 rings (SSSR count). The Kier molecular flexibility index (Phi) is 6.89. The average Bonchev–Trinajstić information content (AvgIpc) is 3.53. The van der Waals surface area contributed by atoms with E-state index in [2.05, 4.69) is 9.58 Å². The second kappa shape index (κ2) is 10.5. The van der Waals surface area contributed by atoms with Crippen LogP contribution in [0.3, 0.4) is 0 Å². The largest absolute Gasteiger partial charge is 0.465 e. The predicted octanol–water partition coefficient (Wildman–Crippen LogP) is 3.47. The highest BCUT2D eigenvalue weighted by Crippen LogP contribution is 2.37. The summed E-state index contributed by atoms with van der Waals surface area (Å²) in [5, 5.41) is 24.5. The molecule has 11 heteroatoms. The van der Waals surface area contributed by atoms with E-state index in [9.17, 15) is 15.0 Å². The van der Waals surface area contributed by atoms with Gasteiger partial charge in [-0.1, -0.05) is 0 Å². The summed E-state index contributed by atoms with van der Waals surface area (Å²) in [5.41, 5.74) is 2.10. The Bertz CT molecular complexity index is 1280. The van der Waals surface area contributed by atoms with Gasteiger partial charge < -0.3 is 24.6 Å². The molecule has 3 aromatic rings. The predicted molar refractivity (Wildman–Crippen MR) is 142 cm³/mol. The third kappa shape index (κ3) is 4.70. The molecule has 1 aromatic carbocycles. The summed E-state index contributed by atoms with van der Waals surface area (Å²) in [6.45, 7) is 1.33. The van der Waals surface area contributed by atoms with Gasteiger partial charge in [0.1, 0.15) is 5.82 Å². The Hall–Kier alpha value is -3.28. The normalized spacial score (nSPS) is 25.2. The van der Waals surface area contributed by atoms with E-state index in [0.717, 1.165) is 78.9 Å². The number of hydrogen-bond acceptors (Lipinski definition) is 8. The molecule has 0 spiro atoms. The van der Waals surface area contributed by atoms with Crippen molar-refractivity contribution in [1.29, 1.82) is 0 Å². The summed E-state index contributed by atoms with van der Waals surface area (Å²) in [6, 6.07) is 7.37. The lowest BCUT2D eigenvalue weighted by Crippen LogP contribution is -2.43. The molecule has 2 aliphatic heterocycles. The van der Waals surface area contributed by atoms with Crippen LogP contribution in [0.4, 0.5) is 16.3 Å². The van der Waals surface area contributed by atoms with E-state index in [4.69, 9.17) is 24.5 Å². The molecule has 1 amide bonds. The van der Waals surface area contributed by atoms with Gasteiger partial charge >= 0.3 is 6.09 Å². The van der Waals surface area contributed by atoms with Crippen LogP contribution >= 0.6 is 0 Å². The molecule has 1 aliphatic carbocycles. The SMILES string of the molecule is COC1CCC(n2ncc3c(N4CC5CCC(C4)O5)nc(-c4ccc(N(CCO)C(=O)O)cc4)nc32)CC1. The molecule has 0 radical (unpaired) electrons. The smallest absolute Gasteiger partial charge is 0.411 e. The van der Waals surface area contributed by atoms with Gasteiger partial charge in [-0.15, -0.1) is 0 Å². The number of carbonyl (C=O) groups is 1. The second-order valence-electron chi connectivity index (χ2n) is 10.4. The summed E-state index contributed by atoms with van der Waals surface area (Å²) >= 11 is 0. The molecule has 3 fully saturated rings. The number of anilines is 2. The second-order valence-corrected chi connectivity index (χ2v) is 10.4. The van der Waals surface area contributed by atoms with E-state index in [1.807, 2.05) is 18.3 Å². The first kappa shape index (κ1) is 25.0. The number of ether oxygens (including phenoxy) is 2. The fourth-order valence-electron chi connectivity index (χ4n) is 6.09. The number of carboxylic acid groups (broad SMARTS) is 1. The Morgan fingerprint density at radius 1 is 1.08 bits per heavy atom. The molecule has 11 nitrogen and oxygen atoms in total. The first-order valence-corrected chi connectivity index (χ1v) is 13.4. The first-order valence-electron chi connectivity index (χ1n) is 13.4. The number of benzene rings is 1. The van der Waals surface area contributed by atoms with Crippen LogP contribution in [0.5, 0.6) is 0 Å². The summed E-state index contributed by atoms with van der Waals surface area (Å²) in [7, 11) is 1.78. The lowest BCUT2D eigenvalue weighted by Gasteiger charge is -2.33. The Labute approximate surface area is 221 Å². The number of amides is 1. The molecule has 2 aromatic heterocycles. The van der Waals surface area contributed by atoms with Gasteiger partial charge in [-0.2, -0.15) is 5.10 Å². The van der Waals surface area contributed by atoms with Crippen LogP contribution in [-0.2, 0) is 9.47 Å². The highest BCUT2D eigenvalue weighted by Gasteiger charge is 2.36. The molecule has 38 heavy (non-hydrogen) atoms. The third-order valence-corrected chi connectivity index (χ3v) is 8.09. The van der Waals surface area contributed by atoms with Gasteiger partial charge in [0, 0.05) is 31.5 Å². The van der Waals surface area contributed by atoms with Crippen LogP contribution in [0, 0.1) is 0 Å². The minimum Gasteiger partial charge on any atom is -0.465 e. The number of hydrogen-bond donors (Lipinski definition) is 2. The quantitative estimate of drug-likeness (QED) is 0.480. The van der Waals surface area contributed by atoms with Crippen LogP contribution < -0.4 is 9.80 Å². The van der Waals surface area contributed by atoms with Gasteiger partial charge in [0.2, 0.25) is 0 Å². The fraction of sp³-hybridized carbons (Fsp3) is 0.556. The summed E-state index contributed by atoms with van der Waals surface area (Å²) in [5.74, 6) is 1.45. The number of aliphatic hydroxyl groups excluding tert-OH is 1. The van der Waals surface area contributed by atoms with Crippen molar-refractivity contribution in [3.05, 3.63) is 30.5 Å². The average molecular weight is 523 g/mol. The molecule has 2 atom stereocenters. The van der Waals surface area contributed by atoms with E-state index in [1.165, 1.54) is 0 Å². The summed E-state index contributed by atoms with van der Waals surface area (Å²) < 4.78 is 13.7. The van der Waals surface area contributed by atoms with Crippen molar-refractivity contribution in [1.82, 2.24) is 19.7 Å². The molecule has 2 bridgehead atoms. The number of rotatable bonds is 7. The standard InChI is InChI=1S/C27H34N6O5/c1-37-20-8-6-19(7-9-20)33-26-23(14-28-33)25(31-15-21-10-11-22(16-31)38-21)29-24(30-26)17-2-4-18(5-3-17)32(12-13-34)27(35)36/h2-5,14,19-22,34H,6-13,15-16H2,1H3,(H,35,36). The van der Waals surface area contributed by atoms with Gasteiger partial charge in [-0.25, -0.2) is 19.4 Å². The third-order valence-electron chi connectivity index (χ3n) is 8.09. The Morgan fingerprint density at radius 2 is 1.79 bits per heavy atom. The number of fused-ring (bicyclic) bond motifs is 3. The van der Waals surface area contributed by atoms with E-state index in [1.54, 1.807) is 19.2 Å². The zero-order valence-electron chi connectivity index (χ0n) is 21.6. The molecule has 1 saturated carbocycles. The van der Waals surface area contributed by atoms with Crippen molar-refractivity contribution >= 4 is 28.6 Å². The Balaban J connectivity index is 1.39. The van der Waals surface area contributed by atoms with Crippen LogP contribution in [0.15, 0.2) is 30.5 Å². The number of nitrogens with zero attached hydrogens (tertiary/aromatic N) is 6. The molecule has 2 saturated heterocycles. The van der Waals surface area contributed by atoms with Gasteiger partial charge in [0.25, 0.3) is 0 Å². The van der Waals surface area contributed by atoms with E-state index in [0.29, 0.717) is 17.6 Å². The molecule has 4 heterocycles. The molecular formula is C27H34N6O5. The van der Waals surface area contributed by atoms with Gasteiger partial charge in [-0.05, 0) is 62.8 Å². The first-order chi connectivity index (χ1) is 18.5. The van der Waals surface area contributed by atoms with Crippen LogP contribution in [-0.4, -0.2) is 87.7 Å². The highest BCUT2D eigenvalue weighted by atomic mass is 16.5. The van der Waals surface area contributed by atoms with Crippen molar-refractivity contribution < 1.29 is 24.5 Å². The number of methoxy groups -OCH3 is 1. The van der Waals surface area contributed by atoms with Crippen LogP contribution in [0.2, 0.25) is 0 Å². The number of morpholine rings is 1. The van der Waals surface area contributed by atoms with E-state index in [-0.39, 0.29) is 31.4 Å². The summed E-state index contributed by atoms with van der Waals surface area (Å²) in [6.07, 6.45) is 7.62. The maximum absolute atomic E-state index is 11.6. The van der Waals surface area contributed by atoms with Crippen molar-refractivity contribution in [3.63, 3.8) is 0 Å². The zero-order valence-corrected chi connectivity index (χ0v) is 21.6. The van der Waals surface area contributed by atoms with E-state index < -0.39 is 6.09 Å². The monoisotopic (exact) mass is 522 g/mol. The van der Waals surface area contributed by atoms with Crippen molar-refractivity contribution in [2.24, 2.45) is 0 Å². The highest BCUT2D eigenvalue weighted by molar-refractivity contribution is 5.89. The van der Waals surface area contributed by atoms with Crippen molar-refractivity contribution in [3.8, 4) is 11.4 Å². The lowest BCUT2D eigenvalue weighted by atomic mass is 9.93. The fourth-order valence-corrected chi connectivity index (χ4v) is 6.09. The van der Waals surface area contributed by atoms with E-state index >= 15 is 0 Å². The van der Waals surface area contributed by atoms with Gasteiger partial charge in [0.05, 0.1) is 49.1 Å². The molecular weight excluding hydrogens is 488 g/mol. The van der Waals surface area contributed by atoms with Gasteiger partial charge in [0.15, 0.2) is 11.5 Å². The topological polar surface area (TPSA) is 126 Å². The molecule has 3 aliphatic rings. The minimum absolute atomic E-state index is 0.00511. The van der Waals surface area contributed by atoms with Crippen LogP contribution in [0.25, 0.3) is 22.4 Å². The maximum Gasteiger partial charge on any atom is 0.411 e. The van der Waals surface area contributed by atoms with Gasteiger partial charge in [-0.3, -0.25) is 4.90 Å². The van der Waals surface area contributed by atoms with Crippen molar-refractivity contribution in [2.75, 3.05) is 43.2 Å². The molecule has 2 N–H and O–H groups in total. The minimum atomic E-state index is -1.11. The Morgan fingerprint density at radius 3 is 2.42 bits per heavy atom.